The highest BCUT2D eigenvalue weighted by Gasteiger charge is 2.30. The SMILES string of the molecule is CCOc1cc2ncc(C#N)c(Nc3ccc(Oc4cccc(C(F)(F)F)c4)c(Cl)c3)c2cc1NC(=O)C=CCN(C)C. The Kier molecular flexibility index (Phi) is 9.75. The van der Waals surface area contributed by atoms with E-state index in [0.29, 0.717) is 46.9 Å². The highest BCUT2D eigenvalue weighted by atomic mass is 35.5. The van der Waals surface area contributed by atoms with Crippen molar-refractivity contribution in [2.45, 2.75) is 13.1 Å². The summed E-state index contributed by atoms with van der Waals surface area (Å²) in [5.41, 5.74) is 1.13. The van der Waals surface area contributed by atoms with Crippen LogP contribution >= 0.6 is 11.6 Å². The van der Waals surface area contributed by atoms with Crippen LogP contribution in [0, 0.1) is 11.3 Å². The molecule has 43 heavy (non-hydrogen) atoms. The van der Waals surface area contributed by atoms with Crippen LogP contribution in [0.4, 0.5) is 30.2 Å². The molecule has 1 aromatic heterocycles. The standard InChI is InChI=1S/C31H27ClF3N5O3/c1-4-42-28-16-25-23(15-26(28)39-29(41)9-6-12-40(2)3)30(19(17-36)18-37-25)38-21-10-11-27(24(32)14-21)43-22-8-5-7-20(13-22)31(33,34)35/h5-11,13-16,18H,4,12H2,1-3H3,(H,37,38)(H,39,41). The van der Waals surface area contributed by atoms with Crippen molar-refractivity contribution in [3.63, 3.8) is 0 Å². The first-order valence-electron chi connectivity index (χ1n) is 13.0. The average Bonchev–Trinajstić information content (AvgIpc) is 2.95. The number of ether oxygens (including phenoxy) is 2. The number of benzene rings is 3. The topological polar surface area (TPSA) is 99.5 Å². The molecule has 4 aromatic rings. The normalized spacial score (nSPS) is 11.5. The maximum absolute atomic E-state index is 13.1. The second-order valence-electron chi connectivity index (χ2n) is 9.51. The summed E-state index contributed by atoms with van der Waals surface area (Å²) < 4.78 is 50.6. The zero-order chi connectivity index (χ0) is 31.1. The van der Waals surface area contributed by atoms with Gasteiger partial charge in [0.15, 0.2) is 0 Å². The molecule has 0 saturated heterocycles. The van der Waals surface area contributed by atoms with Gasteiger partial charge in [0.1, 0.15) is 23.3 Å². The van der Waals surface area contributed by atoms with Crippen molar-refractivity contribution in [1.29, 1.82) is 5.26 Å². The lowest BCUT2D eigenvalue weighted by Crippen LogP contribution is -2.13. The molecule has 0 spiro atoms. The van der Waals surface area contributed by atoms with Crippen molar-refractivity contribution >= 4 is 45.5 Å². The first-order chi connectivity index (χ1) is 20.5. The summed E-state index contributed by atoms with van der Waals surface area (Å²) in [4.78, 5) is 18.9. The van der Waals surface area contributed by atoms with Gasteiger partial charge in [-0.1, -0.05) is 23.7 Å². The van der Waals surface area contributed by atoms with Gasteiger partial charge in [-0.3, -0.25) is 9.78 Å². The summed E-state index contributed by atoms with van der Waals surface area (Å²) in [5, 5.41) is 16.5. The first kappa shape index (κ1) is 31.2. The molecule has 0 saturated carbocycles. The third-order valence-electron chi connectivity index (χ3n) is 5.98. The Bertz CT molecular complexity index is 1720. The summed E-state index contributed by atoms with van der Waals surface area (Å²) in [6.07, 6.45) is 0.0458. The largest absolute Gasteiger partial charge is 0.492 e. The number of fused-ring (bicyclic) bond motifs is 1. The van der Waals surface area contributed by atoms with E-state index < -0.39 is 11.7 Å². The molecular weight excluding hydrogens is 583 g/mol. The van der Waals surface area contributed by atoms with E-state index in [9.17, 15) is 23.2 Å². The van der Waals surface area contributed by atoms with Gasteiger partial charge in [-0.15, -0.1) is 0 Å². The monoisotopic (exact) mass is 609 g/mol. The Morgan fingerprint density at radius 3 is 2.60 bits per heavy atom. The average molecular weight is 610 g/mol. The fourth-order valence-corrected chi connectivity index (χ4v) is 4.24. The fourth-order valence-electron chi connectivity index (χ4n) is 4.03. The first-order valence-corrected chi connectivity index (χ1v) is 13.4. The molecular formula is C31H27ClF3N5O3. The number of hydrogen-bond acceptors (Lipinski definition) is 7. The van der Waals surface area contributed by atoms with Crippen molar-refractivity contribution in [3.8, 4) is 23.3 Å². The van der Waals surface area contributed by atoms with Gasteiger partial charge in [0.05, 0.1) is 39.6 Å². The van der Waals surface area contributed by atoms with E-state index >= 15 is 0 Å². The van der Waals surface area contributed by atoms with Crippen LogP contribution in [0.3, 0.4) is 0 Å². The van der Waals surface area contributed by atoms with Crippen LogP contribution in [-0.4, -0.2) is 43.0 Å². The molecule has 0 atom stereocenters. The van der Waals surface area contributed by atoms with Gasteiger partial charge in [0.2, 0.25) is 5.91 Å². The van der Waals surface area contributed by atoms with E-state index in [1.54, 1.807) is 24.3 Å². The van der Waals surface area contributed by atoms with Crippen LogP contribution in [-0.2, 0) is 11.0 Å². The van der Waals surface area contributed by atoms with Gasteiger partial charge < -0.3 is 25.0 Å². The van der Waals surface area contributed by atoms with Crippen LogP contribution in [0.5, 0.6) is 17.2 Å². The minimum Gasteiger partial charge on any atom is -0.492 e. The summed E-state index contributed by atoms with van der Waals surface area (Å²) in [6.45, 7) is 2.75. The van der Waals surface area contributed by atoms with Gasteiger partial charge in [-0.25, -0.2) is 0 Å². The number of halogens is 4. The predicted octanol–water partition coefficient (Wildman–Crippen LogP) is 7.77. The molecule has 1 heterocycles. The number of anilines is 3. The molecule has 4 rings (SSSR count). The maximum atomic E-state index is 13.1. The minimum atomic E-state index is -4.52. The number of likely N-dealkylation sites (N-methyl/N-ethyl adjacent to an activating group) is 1. The van der Waals surface area contributed by atoms with Crippen molar-refractivity contribution < 1.29 is 27.4 Å². The molecule has 0 bridgehead atoms. The molecule has 222 valence electrons. The quantitative estimate of drug-likeness (QED) is 0.177. The van der Waals surface area contributed by atoms with E-state index in [0.717, 1.165) is 12.1 Å². The van der Waals surface area contributed by atoms with Crippen molar-refractivity contribution in [2.24, 2.45) is 0 Å². The molecule has 0 aliphatic heterocycles. The molecule has 1 amide bonds. The Hall–Kier alpha value is -4.79. The lowest BCUT2D eigenvalue weighted by molar-refractivity contribution is -0.137. The number of nitrogens with one attached hydrogen (secondary N) is 2. The van der Waals surface area contributed by atoms with Gasteiger partial charge in [0, 0.05) is 36.0 Å². The highest BCUT2D eigenvalue weighted by molar-refractivity contribution is 6.32. The predicted molar refractivity (Wildman–Crippen MR) is 160 cm³/mol. The number of aromatic nitrogens is 1. The zero-order valence-electron chi connectivity index (χ0n) is 23.4. The molecule has 8 nitrogen and oxygen atoms in total. The molecule has 0 fully saturated rings. The molecule has 0 radical (unpaired) electrons. The number of rotatable bonds is 10. The van der Waals surface area contributed by atoms with Crippen LogP contribution in [0.1, 0.15) is 18.1 Å². The van der Waals surface area contributed by atoms with Crippen LogP contribution < -0.4 is 20.1 Å². The van der Waals surface area contributed by atoms with E-state index in [4.69, 9.17) is 21.1 Å². The number of hydrogen-bond donors (Lipinski definition) is 2. The summed E-state index contributed by atoms with van der Waals surface area (Å²) >= 11 is 6.43. The molecule has 0 unspecified atom stereocenters. The zero-order valence-corrected chi connectivity index (χ0v) is 24.2. The highest BCUT2D eigenvalue weighted by Crippen LogP contribution is 2.39. The number of carbonyl (C=O) groups is 1. The lowest BCUT2D eigenvalue weighted by atomic mass is 10.1. The van der Waals surface area contributed by atoms with Gasteiger partial charge in [0.25, 0.3) is 0 Å². The van der Waals surface area contributed by atoms with E-state index in [1.165, 1.54) is 36.5 Å². The van der Waals surface area contributed by atoms with Gasteiger partial charge >= 0.3 is 6.18 Å². The van der Waals surface area contributed by atoms with Gasteiger partial charge in [-0.2, -0.15) is 18.4 Å². The third-order valence-corrected chi connectivity index (χ3v) is 6.27. The lowest BCUT2D eigenvalue weighted by Gasteiger charge is -2.16. The fraction of sp³-hybridized carbons (Fsp3) is 0.194. The second kappa shape index (κ2) is 13.5. The molecule has 0 aliphatic rings. The Morgan fingerprint density at radius 2 is 1.93 bits per heavy atom. The Balaban J connectivity index is 1.67. The van der Waals surface area contributed by atoms with Crippen molar-refractivity contribution in [3.05, 3.63) is 89.1 Å². The molecule has 2 N–H and O–H groups in total. The third kappa shape index (κ3) is 7.94. The number of nitrogens with zero attached hydrogens (tertiary/aromatic N) is 3. The van der Waals surface area contributed by atoms with Gasteiger partial charge in [-0.05, 0) is 63.5 Å². The van der Waals surface area contributed by atoms with Crippen LogP contribution in [0.25, 0.3) is 10.9 Å². The number of carbonyl (C=O) groups excluding carboxylic acids is 1. The molecule has 3 aromatic carbocycles. The van der Waals surface area contributed by atoms with Crippen molar-refractivity contribution in [1.82, 2.24) is 9.88 Å². The summed E-state index contributed by atoms with van der Waals surface area (Å²) in [6, 6.07) is 14.5. The van der Waals surface area contributed by atoms with E-state index in [1.807, 2.05) is 25.9 Å². The summed E-state index contributed by atoms with van der Waals surface area (Å²) in [5.74, 6) is 0.164. The van der Waals surface area contributed by atoms with Crippen LogP contribution in [0.2, 0.25) is 5.02 Å². The van der Waals surface area contributed by atoms with E-state index in [2.05, 4.69) is 21.7 Å². The number of alkyl halides is 3. The number of pyridine rings is 1. The minimum absolute atomic E-state index is 0.0273. The smallest absolute Gasteiger partial charge is 0.416 e. The maximum Gasteiger partial charge on any atom is 0.416 e. The second-order valence-corrected chi connectivity index (χ2v) is 9.92. The van der Waals surface area contributed by atoms with E-state index in [-0.39, 0.29) is 28.0 Å². The number of amides is 1. The summed E-state index contributed by atoms with van der Waals surface area (Å²) in [7, 11) is 3.77. The molecule has 0 aliphatic carbocycles. The Labute approximate surface area is 251 Å². The Morgan fingerprint density at radius 1 is 1.14 bits per heavy atom. The molecule has 12 heteroatoms. The van der Waals surface area contributed by atoms with Crippen molar-refractivity contribution in [2.75, 3.05) is 37.9 Å². The number of nitriles is 1. The van der Waals surface area contributed by atoms with Crippen LogP contribution in [0.15, 0.2) is 72.9 Å².